The molecule has 0 unspecified atom stereocenters. The molecule has 0 atom stereocenters. The van der Waals surface area contributed by atoms with Crippen LogP contribution in [0.25, 0.3) is 0 Å². The van der Waals surface area contributed by atoms with Gasteiger partial charge in [0, 0.05) is 0 Å². The Labute approximate surface area is 166 Å². The first kappa shape index (κ1) is 19.3. The molecule has 9 heteroatoms. The Morgan fingerprint density at radius 3 is 2.50 bits per heavy atom. The lowest BCUT2D eigenvalue weighted by Crippen LogP contribution is -2.21. The molecule has 2 N–H and O–H groups in total. The van der Waals surface area contributed by atoms with Crippen LogP contribution >= 0.6 is 11.3 Å². The summed E-state index contributed by atoms with van der Waals surface area (Å²) in [6, 6.07) is 18.0. The number of rotatable bonds is 6. The van der Waals surface area contributed by atoms with Crippen LogP contribution in [-0.2, 0) is 10.0 Å². The Morgan fingerprint density at radius 1 is 1.07 bits per heavy atom. The lowest BCUT2D eigenvalue weighted by molar-refractivity contribution is 0.0956. The zero-order valence-corrected chi connectivity index (χ0v) is 16.0. The summed E-state index contributed by atoms with van der Waals surface area (Å²) in [6.45, 7) is 0. The number of para-hydroxylation sites is 1. The number of carbonyl (C=O) groups excluding carboxylic acids is 1. The molecule has 0 aliphatic heterocycles. The van der Waals surface area contributed by atoms with E-state index in [0.717, 1.165) is 11.3 Å². The molecule has 3 rings (SSSR count). The first-order chi connectivity index (χ1) is 13.5. The van der Waals surface area contributed by atoms with Gasteiger partial charge in [-0.25, -0.2) is 13.8 Å². The van der Waals surface area contributed by atoms with E-state index in [4.69, 9.17) is 5.26 Å². The maximum Gasteiger partial charge on any atom is 0.273 e. The van der Waals surface area contributed by atoms with Crippen LogP contribution in [0.5, 0.6) is 0 Å². The Balaban J connectivity index is 1.74. The van der Waals surface area contributed by atoms with Gasteiger partial charge >= 0.3 is 0 Å². The fourth-order valence-electron chi connectivity index (χ4n) is 2.25. The highest BCUT2D eigenvalue weighted by Gasteiger charge is 2.19. The highest BCUT2D eigenvalue weighted by molar-refractivity contribution is 7.94. The molecule has 0 bridgehead atoms. The van der Waals surface area contributed by atoms with Crippen LogP contribution in [0.15, 0.2) is 75.4 Å². The minimum atomic E-state index is -3.77. The highest BCUT2D eigenvalue weighted by Crippen LogP contribution is 2.22. The number of amides is 1. The molecule has 1 heterocycles. The smallest absolute Gasteiger partial charge is 0.273 e. The minimum absolute atomic E-state index is 0.139. The summed E-state index contributed by atoms with van der Waals surface area (Å²) in [5, 5.41) is 14.3. The fraction of sp³-hybridized carbons (Fsp3) is 0. The summed E-state index contributed by atoms with van der Waals surface area (Å²) < 4.78 is 27.4. The van der Waals surface area contributed by atoms with Gasteiger partial charge in [0.15, 0.2) is 0 Å². The zero-order chi connectivity index (χ0) is 20.0. The summed E-state index contributed by atoms with van der Waals surface area (Å²) in [6.07, 6.45) is 1.43. The Kier molecular flexibility index (Phi) is 5.84. The molecule has 0 aliphatic carbocycles. The quantitative estimate of drug-likeness (QED) is 0.480. The molecule has 2 aromatic carbocycles. The number of sulfonamides is 1. The molecular weight excluding hydrogens is 396 g/mol. The van der Waals surface area contributed by atoms with Crippen molar-refractivity contribution in [1.82, 2.24) is 5.43 Å². The monoisotopic (exact) mass is 410 g/mol. The third-order valence-electron chi connectivity index (χ3n) is 3.60. The predicted octanol–water partition coefficient (Wildman–Crippen LogP) is 3.18. The van der Waals surface area contributed by atoms with Gasteiger partial charge in [0.2, 0.25) is 0 Å². The third kappa shape index (κ3) is 4.62. The summed E-state index contributed by atoms with van der Waals surface area (Å²) >= 11 is 1.08. The van der Waals surface area contributed by atoms with Crippen LogP contribution in [0.3, 0.4) is 0 Å². The number of benzene rings is 2. The van der Waals surface area contributed by atoms with Gasteiger partial charge in [-0.15, -0.1) is 11.3 Å². The average molecular weight is 410 g/mol. The molecule has 0 saturated heterocycles. The second-order valence-electron chi connectivity index (χ2n) is 5.52. The molecule has 3 aromatic rings. The number of anilines is 1. The first-order valence-electron chi connectivity index (χ1n) is 7.98. The number of thiophene rings is 1. The van der Waals surface area contributed by atoms with E-state index in [1.165, 1.54) is 24.4 Å². The molecule has 28 heavy (non-hydrogen) atoms. The van der Waals surface area contributed by atoms with Gasteiger partial charge < -0.3 is 0 Å². The van der Waals surface area contributed by atoms with E-state index in [9.17, 15) is 13.2 Å². The average Bonchev–Trinajstić information content (AvgIpc) is 3.24. The van der Waals surface area contributed by atoms with Gasteiger partial charge in [0.05, 0.1) is 29.1 Å². The van der Waals surface area contributed by atoms with E-state index < -0.39 is 15.9 Å². The Morgan fingerprint density at radius 2 is 1.82 bits per heavy atom. The van der Waals surface area contributed by atoms with Crippen molar-refractivity contribution in [2.45, 2.75) is 4.21 Å². The highest BCUT2D eigenvalue weighted by atomic mass is 32.2. The van der Waals surface area contributed by atoms with Gasteiger partial charge in [-0.1, -0.05) is 30.3 Å². The van der Waals surface area contributed by atoms with E-state index in [1.54, 1.807) is 47.8 Å². The molecule has 0 aliphatic rings. The fourth-order valence-corrected chi connectivity index (χ4v) is 4.32. The van der Waals surface area contributed by atoms with E-state index in [-0.39, 0.29) is 15.5 Å². The lowest BCUT2D eigenvalue weighted by Gasteiger charge is -2.10. The molecule has 1 aromatic heterocycles. The van der Waals surface area contributed by atoms with E-state index in [0.29, 0.717) is 11.1 Å². The molecule has 0 fully saturated rings. The van der Waals surface area contributed by atoms with Crippen molar-refractivity contribution in [3.8, 4) is 6.07 Å². The summed E-state index contributed by atoms with van der Waals surface area (Å²) in [7, 11) is -3.77. The van der Waals surface area contributed by atoms with Gasteiger partial charge in [0.25, 0.3) is 15.9 Å². The summed E-state index contributed by atoms with van der Waals surface area (Å²) in [5.74, 6) is -0.561. The normalized spacial score (nSPS) is 11.1. The number of hydrogen-bond donors (Lipinski definition) is 2. The van der Waals surface area contributed by atoms with Crippen LogP contribution in [-0.4, -0.2) is 20.5 Å². The molecular formula is C19H14N4O3S2. The van der Waals surface area contributed by atoms with Gasteiger partial charge in [-0.05, 0) is 41.3 Å². The van der Waals surface area contributed by atoms with Crippen molar-refractivity contribution in [2.75, 3.05) is 4.72 Å². The molecule has 1 amide bonds. The van der Waals surface area contributed by atoms with Crippen LogP contribution in [0.4, 0.5) is 5.69 Å². The van der Waals surface area contributed by atoms with Crippen molar-refractivity contribution in [2.24, 2.45) is 5.10 Å². The molecule has 0 radical (unpaired) electrons. The maximum atomic E-state index is 12.4. The van der Waals surface area contributed by atoms with Crippen molar-refractivity contribution in [3.05, 3.63) is 82.7 Å². The summed E-state index contributed by atoms with van der Waals surface area (Å²) in [4.78, 5) is 12.4. The largest absolute Gasteiger partial charge is 0.278 e. The van der Waals surface area contributed by atoms with Gasteiger partial charge in [-0.3, -0.25) is 9.52 Å². The number of hydrazone groups is 1. The Bertz CT molecular complexity index is 1150. The second-order valence-corrected chi connectivity index (χ2v) is 8.37. The zero-order valence-electron chi connectivity index (χ0n) is 14.4. The molecule has 7 nitrogen and oxygen atoms in total. The van der Waals surface area contributed by atoms with Gasteiger partial charge in [-0.2, -0.15) is 10.4 Å². The first-order valence-corrected chi connectivity index (χ1v) is 10.3. The van der Waals surface area contributed by atoms with Crippen LogP contribution < -0.4 is 10.1 Å². The van der Waals surface area contributed by atoms with E-state index in [2.05, 4.69) is 15.2 Å². The number of hydrogen-bond acceptors (Lipinski definition) is 6. The van der Waals surface area contributed by atoms with Crippen molar-refractivity contribution in [3.63, 3.8) is 0 Å². The van der Waals surface area contributed by atoms with Crippen LogP contribution in [0, 0.1) is 11.3 Å². The standard InChI is InChI=1S/C19H14N4O3S2/c20-12-14-7-9-15(10-8-14)13-21-22-19(24)16-4-1-2-5-17(16)23-28(25,26)18-6-3-11-27-18/h1-11,13,23H,(H,22,24)/b21-13-. The SMILES string of the molecule is N#Cc1ccc(/C=N\NC(=O)c2ccccc2NS(=O)(=O)c2cccs2)cc1. The lowest BCUT2D eigenvalue weighted by atomic mass is 10.2. The van der Waals surface area contributed by atoms with Crippen LogP contribution in [0.1, 0.15) is 21.5 Å². The third-order valence-corrected chi connectivity index (χ3v) is 6.36. The molecule has 0 spiro atoms. The number of nitrogens with one attached hydrogen (secondary N) is 2. The molecule has 140 valence electrons. The predicted molar refractivity (Wildman–Crippen MR) is 108 cm³/mol. The van der Waals surface area contributed by atoms with Gasteiger partial charge in [0.1, 0.15) is 4.21 Å². The van der Waals surface area contributed by atoms with Crippen LogP contribution in [0.2, 0.25) is 0 Å². The van der Waals surface area contributed by atoms with Crippen molar-refractivity contribution < 1.29 is 13.2 Å². The summed E-state index contributed by atoms with van der Waals surface area (Å²) in [5.41, 5.74) is 3.88. The van der Waals surface area contributed by atoms with Crippen molar-refractivity contribution in [1.29, 1.82) is 5.26 Å². The molecule has 0 saturated carbocycles. The van der Waals surface area contributed by atoms with E-state index >= 15 is 0 Å². The topological polar surface area (TPSA) is 111 Å². The number of nitriles is 1. The number of carbonyl (C=O) groups is 1. The minimum Gasteiger partial charge on any atom is -0.278 e. The second kappa shape index (κ2) is 8.47. The Hall–Kier alpha value is -3.48. The van der Waals surface area contributed by atoms with Crippen molar-refractivity contribution >= 4 is 39.2 Å². The number of nitrogens with zero attached hydrogens (tertiary/aromatic N) is 2. The maximum absolute atomic E-state index is 12.4. The van der Waals surface area contributed by atoms with E-state index in [1.807, 2.05) is 6.07 Å².